The predicted molar refractivity (Wildman–Crippen MR) is 131 cm³/mol. The molecule has 0 aliphatic heterocycles. The molecule has 1 aliphatic rings. The van der Waals surface area contributed by atoms with E-state index < -0.39 is 4.92 Å². The monoisotopic (exact) mass is 477 g/mol. The fourth-order valence-corrected chi connectivity index (χ4v) is 5.52. The number of aromatic nitrogens is 2. The van der Waals surface area contributed by atoms with Gasteiger partial charge in [0.1, 0.15) is 35.4 Å². The van der Waals surface area contributed by atoms with Crippen LogP contribution in [0.15, 0.2) is 47.3 Å². The minimum absolute atomic E-state index is 0.105. The van der Waals surface area contributed by atoms with E-state index in [2.05, 4.69) is 9.97 Å². The fraction of sp³-hybridized carbons (Fsp3) is 0.280. The van der Waals surface area contributed by atoms with Gasteiger partial charge in [0.05, 0.1) is 15.9 Å². The maximum atomic E-state index is 13.0. The van der Waals surface area contributed by atoms with Gasteiger partial charge in [0.25, 0.3) is 11.2 Å². The van der Waals surface area contributed by atoms with Crippen molar-refractivity contribution in [3.8, 4) is 22.9 Å². The Hall–Kier alpha value is -3.72. The van der Waals surface area contributed by atoms with E-state index in [9.17, 15) is 14.9 Å². The topological polar surface area (TPSA) is 107 Å². The van der Waals surface area contributed by atoms with Crippen LogP contribution in [0.3, 0.4) is 0 Å². The number of nitro groups is 1. The Bertz CT molecular complexity index is 1440. The zero-order chi connectivity index (χ0) is 23.7. The molecule has 8 nitrogen and oxygen atoms in total. The number of nitrogens with zero attached hydrogens (tertiary/aromatic N) is 2. The zero-order valence-corrected chi connectivity index (χ0v) is 19.4. The van der Waals surface area contributed by atoms with Gasteiger partial charge in [-0.15, -0.1) is 11.3 Å². The Morgan fingerprint density at radius 2 is 1.85 bits per heavy atom. The highest BCUT2D eigenvalue weighted by atomic mass is 32.1. The number of nitro benzene ring substituents is 1. The Morgan fingerprint density at radius 1 is 1.09 bits per heavy atom. The summed E-state index contributed by atoms with van der Waals surface area (Å²) in [6.07, 6.45) is 4.01. The number of H-pyrrole nitrogens is 1. The molecule has 0 saturated carbocycles. The first-order valence-corrected chi connectivity index (χ1v) is 12.0. The minimum atomic E-state index is -0.477. The van der Waals surface area contributed by atoms with Crippen LogP contribution in [-0.4, -0.2) is 28.1 Å². The lowest BCUT2D eigenvalue weighted by atomic mass is 9.97. The van der Waals surface area contributed by atoms with E-state index >= 15 is 0 Å². The highest BCUT2D eigenvalue weighted by Crippen LogP contribution is 2.36. The lowest BCUT2D eigenvalue weighted by Crippen LogP contribution is -2.13. The van der Waals surface area contributed by atoms with Crippen LogP contribution in [0, 0.1) is 17.0 Å². The second-order valence-corrected chi connectivity index (χ2v) is 9.29. The Kier molecular flexibility index (Phi) is 6.02. The summed E-state index contributed by atoms with van der Waals surface area (Å²) in [6, 6.07) is 12.0. The van der Waals surface area contributed by atoms with Gasteiger partial charge in [0, 0.05) is 17.0 Å². The molecule has 2 heterocycles. The van der Waals surface area contributed by atoms with Crippen molar-refractivity contribution in [2.75, 3.05) is 13.2 Å². The molecule has 2 aromatic heterocycles. The maximum Gasteiger partial charge on any atom is 0.270 e. The molecule has 0 amide bonds. The molecule has 2 aromatic carbocycles. The summed E-state index contributed by atoms with van der Waals surface area (Å²) in [5.41, 5.74) is 2.16. The molecule has 174 valence electrons. The van der Waals surface area contributed by atoms with Gasteiger partial charge >= 0.3 is 0 Å². The van der Waals surface area contributed by atoms with Crippen molar-refractivity contribution >= 4 is 27.2 Å². The third-order valence-corrected chi connectivity index (χ3v) is 7.13. The summed E-state index contributed by atoms with van der Waals surface area (Å²) >= 11 is 1.53. The van der Waals surface area contributed by atoms with Crippen LogP contribution in [0.25, 0.3) is 21.6 Å². The zero-order valence-electron chi connectivity index (χ0n) is 18.6. The van der Waals surface area contributed by atoms with E-state index in [-0.39, 0.29) is 23.7 Å². The molecule has 0 atom stereocenters. The fourth-order valence-electron chi connectivity index (χ4n) is 4.26. The van der Waals surface area contributed by atoms with Gasteiger partial charge in [0.2, 0.25) is 0 Å². The lowest BCUT2D eigenvalue weighted by Gasteiger charge is -2.13. The van der Waals surface area contributed by atoms with Crippen molar-refractivity contribution in [3.63, 3.8) is 0 Å². The summed E-state index contributed by atoms with van der Waals surface area (Å²) in [7, 11) is 0. The van der Waals surface area contributed by atoms with Crippen molar-refractivity contribution in [1.29, 1.82) is 0 Å². The number of nitrogens with one attached hydrogen (secondary N) is 1. The van der Waals surface area contributed by atoms with Crippen molar-refractivity contribution < 1.29 is 14.4 Å². The number of para-hydroxylation sites is 1. The molecule has 4 aromatic rings. The predicted octanol–water partition coefficient (Wildman–Crippen LogP) is 5.20. The van der Waals surface area contributed by atoms with Crippen LogP contribution in [0.1, 0.15) is 28.8 Å². The van der Waals surface area contributed by atoms with Crippen LogP contribution >= 0.6 is 11.3 Å². The van der Waals surface area contributed by atoms with E-state index in [1.807, 2.05) is 31.2 Å². The van der Waals surface area contributed by atoms with Gasteiger partial charge in [-0.05, 0) is 55.9 Å². The quantitative estimate of drug-likeness (QED) is 0.223. The number of fused-ring (bicyclic) bond motifs is 3. The molecule has 1 aliphatic carbocycles. The van der Waals surface area contributed by atoms with Gasteiger partial charge in [-0.25, -0.2) is 4.98 Å². The SMILES string of the molecule is Cc1ccccc1OCCOc1ccc([N+](=O)[O-])cc1-c1nc2sc3c(c2c(=O)[nH]1)CCCC3. The summed E-state index contributed by atoms with van der Waals surface area (Å²) in [5.74, 6) is 1.42. The van der Waals surface area contributed by atoms with Gasteiger partial charge in [-0.2, -0.15) is 0 Å². The van der Waals surface area contributed by atoms with E-state index in [4.69, 9.17) is 9.47 Å². The number of benzene rings is 2. The molecule has 0 bridgehead atoms. The minimum Gasteiger partial charge on any atom is -0.490 e. The largest absolute Gasteiger partial charge is 0.490 e. The van der Waals surface area contributed by atoms with Crippen LogP contribution in [-0.2, 0) is 12.8 Å². The van der Waals surface area contributed by atoms with Crippen LogP contribution in [0.5, 0.6) is 11.5 Å². The Morgan fingerprint density at radius 3 is 2.65 bits per heavy atom. The number of aryl methyl sites for hydroxylation is 3. The summed E-state index contributed by atoms with van der Waals surface area (Å²) in [6.45, 7) is 2.48. The second-order valence-electron chi connectivity index (χ2n) is 8.21. The van der Waals surface area contributed by atoms with Gasteiger partial charge in [-0.3, -0.25) is 14.9 Å². The molecule has 34 heavy (non-hydrogen) atoms. The first-order valence-electron chi connectivity index (χ1n) is 11.2. The Balaban J connectivity index is 1.46. The number of rotatable bonds is 7. The third kappa shape index (κ3) is 4.26. The van der Waals surface area contributed by atoms with Crippen LogP contribution in [0.4, 0.5) is 5.69 Å². The third-order valence-electron chi connectivity index (χ3n) is 5.95. The van der Waals surface area contributed by atoms with Crippen molar-refractivity contribution in [2.24, 2.45) is 0 Å². The van der Waals surface area contributed by atoms with E-state index in [1.165, 1.54) is 34.4 Å². The van der Waals surface area contributed by atoms with Crippen molar-refractivity contribution in [2.45, 2.75) is 32.6 Å². The van der Waals surface area contributed by atoms with Gasteiger partial charge in [-0.1, -0.05) is 18.2 Å². The summed E-state index contributed by atoms with van der Waals surface area (Å²) in [5, 5.41) is 12.1. The van der Waals surface area contributed by atoms with Crippen molar-refractivity contribution in [1.82, 2.24) is 9.97 Å². The van der Waals surface area contributed by atoms with E-state index in [0.29, 0.717) is 28.1 Å². The molecule has 0 unspecified atom stereocenters. The molecule has 5 rings (SSSR count). The molecular weight excluding hydrogens is 454 g/mol. The van der Waals surface area contributed by atoms with E-state index in [0.717, 1.165) is 42.6 Å². The molecule has 0 radical (unpaired) electrons. The highest BCUT2D eigenvalue weighted by Gasteiger charge is 2.22. The average Bonchev–Trinajstić information content (AvgIpc) is 3.22. The van der Waals surface area contributed by atoms with Crippen LogP contribution in [0.2, 0.25) is 0 Å². The van der Waals surface area contributed by atoms with Gasteiger partial charge < -0.3 is 14.5 Å². The molecule has 9 heteroatoms. The molecular formula is C25H23N3O5S. The first kappa shape index (κ1) is 22.1. The summed E-state index contributed by atoms with van der Waals surface area (Å²) in [4.78, 5) is 33.3. The number of hydrogen-bond donors (Lipinski definition) is 1. The van der Waals surface area contributed by atoms with E-state index in [1.54, 1.807) is 0 Å². The molecule has 1 N–H and O–H groups in total. The van der Waals surface area contributed by atoms with Crippen LogP contribution < -0.4 is 15.0 Å². The Labute approximate surface area is 199 Å². The standard InChI is InChI=1S/C25H23N3O5S/c1-15-6-2-4-8-19(15)32-12-13-33-20-11-10-16(28(30)31)14-18(20)23-26-24(29)22-17-7-3-5-9-21(17)34-25(22)27-23/h2,4,6,8,10-11,14H,3,5,7,9,12-13H2,1H3,(H,26,27,29). The number of thiophene rings is 1. The number of aromatic amines is 1. The maximum absolute atomic E-state index is 13.0. The average molecular weight is 478 g/mol. The normalized spacial score (nSPS) is 13.0. The second kappa shape index (κ2) is 9.26. The lowest BCUT2D eigenvalue weighted by molar-refractivity contribution is -0.384. The van der Waals surface area contributed by atoms with Gasteiger partial charge in [0.15, 0.2) is 0 Å². The number of non-ortho nitro benzene ring substituents is 1. The first-order chi connectivity index (χ1) is 16.5. The smallest absolute Gasteiger partial charge is 0.270 e. The molecule has 0 fully saturated rings. The van der Waals surface area contributed by atoms with Crippen molar-refractivity contribution in [3.05, 3.63) is 78.9 Å². The molecule has 0 spiro atoms. The number of ether oxygens (including phenoxy) is 2. The number of hydrogen-bond acceptors (Lipinski definition) is 7. The summed E-state index contributed by atoms with van der Waals surface area (Å²) < 4.78 is 11.7. The molecule has 0 saturated heterocycles. The highest BCUT2D eigenvalue weighted by molar-refractivity contribution is 7.18.